The van der Waals surface area contributed by atoms with Crippen molar-refractivity contribution < 1.29 is 12.9 Å². The second-order valence-corrected chi connectivity index (χ2v) is 6.26. The zero-order valence-electron chi connectivity index (χ0n) is 9.36. The fraction of sp³-hybridized carbons (Fsp3) is 0.667. The van der Waals surface area contributed by atoms with E-state index in [1.54, 1.807) is 33.8 Å². The van der Waals surface area contributed by atoms with Crippen molar-refractivity contribution in [3.05, 3.63) is 17.5 Å². The summed E-state index contributed by atoms with van der Waals surface area (Å²) in [5.74, 6) is 0.456. The van der Waals surface area contributed by atoms with E-state index in [-0.39, 0.29) is 5.75 Å². The van der Waals surface area contributed by atoms with Gasteiger partial charge in [0.25, 0.3) is 0 Å². The molecule has 1 aromatic rings. The Labute approximate surface area is 89.9 Å². The molecule has 0 aromatic carbocycles. The van der Waals surface area contributed by atoms with Gasteiger partial charge in [-0.2, -0.15) is 0 Å². The highest BCUT2D eigenvalue weighted by Gasteiger charge is 2.21. The molecule has 15 heavy (non-hydrogen) atoms. The maximum Gasteiger partial charge on any atom is 0.217 e. The Morgan fingerprint density at radius 3 is 2.47 bits per heavy atom. The zero-order chi connectivity index (χ0) is 11.7. The third-order valence-electron chi connectivity index (χ3n) is 1.48. The van der Waals surface area contributed by atoms with Crippen LogP contribution in [0.15, 0.2) is 10.6 Å². The van der Waals surface area contributed by atoms with E-state index >= 15 is 0 Å². The average molecular weight is 232 g/mol. The van der Waals surface area contributed by atoms with Crippen molar-refractivity contribution in [2.75, 3.05) is 0 Å². The molecule has 0 unspecified atom stereocenters. The molecule has 0 bridgehead atoms. The number of nitrogens with zero attached hydrogens (tertiary/aromatic N) is 1. The lowest BCUT2D eigenvalue weighted by molar-refractivity contribution is 0.392. The van der Waals surface area contributed by atoms with E-state index in [4.69, 9.17) is 4.52 Å². The van der Waals surface area contributed by atoms with Crippen molar-refractivity contribution in [3.63, 3.8) is 0 Å². The normalized spacial score (nSPS) is 13.1. The first-order chi connectivity index (χ1) is 6.68. The lowest BCUT2D eigenvalue weighted by Gasteiger charge is -2.19. The summed E-state index contributed by atoms with van der Waals surface area (Å²) in [4.78, 5) is 0. The molecule has 1 rings (SSSR count). The first kappa shape index (κ1) is 12.2. The van der Waals surface area contributed by atoms with Gasteiger partial charge in [-0.15, -0.1) is 0 Å². The van der Waals surface area contributed by atoms with E-state index in [1.165, 1.54) is 0 Å². The summed E-state index contributed by atoms with van der Waals surface area (Å²) in [6.07, 6.45) is 0. The summed E-state index contributed by atoms with van der Waals surface area (Å²) >= 11 is 0. The van der Waals surface area contributed by atoms with Crippen LogP contribution in [0.3, 0.4) is 0 Å². The quantitative estimate of drug-likeness (QED) is 0.850. The summed E-state index contributed by atoms with van der Waals surface area (Å²) in [5.41, 5.74) is -0.0540. The van der Waals surface area contributed by atoms with Crippen LogP contribution in [0, 0.1) is 6.92 Å². The number of hydrogen-bond donors (Lipinski definition) is 1. The third kappa shape index (κ3) is 4.44. The van der Waals surface area contributed by atoms with Crippen LogP contribution in [0.2, 0.25) is 0 Å². The predicted molar refractivity (Wildman–Crippen MR) is 56.8 cm³/mol. The summed E-state index contributed by atoms with van der Waals surface area (Å²) in [6, 6.07) is 1.61. The van der Waals surface area contributed by atoms with Gasteiger partial charge in [0.1, 0.15) is 17.2 Å². The fourth-order valence-electron chi connectivity index (χ4n) is 1.18. The molecule has 0 saturated carbocycles. The summed E-state index contributed by atoms with van der Waals surface area (Å²) < 4.78 is 30.6. The maximum atomic E-state index is 11.6. The van der Waals surface area contributed by atoms with Gasteiger partial charge in [0.2, 0.25) is 10.0 Å². The Kier molecular flexibility index (Phi) is 3.20. The fourth-order valence-corrected chi connectivity index (χ4v) is 2.71. The van der Waals surface area contributed by atoms with E-state index in [0.717, 1.165) is 0 Å². The maximum absolute atomic E-state index is 11.6. The first-order valence-corrected chi connectivity index (χ1v) is 6.27. The van der Waals surface area contributed by atoms with Crippen LogP contribution in [0.5, 0.6) is 0 Å². The molecular weight excluding hydrogens is 216 g/mol. The van der Waals surface area contributed by atoms with Crippen LogP contribution in [-0.4, -0.2) is 19.1 Å². The van der Waals surface area contributed by atoms with Gasteiger partial charge in [-0.3, -0.25) is 0 Å². The molecule has 0 aliphatic rings. The van der Waals surface area contributed by atoms with E-state index in [9.17, 15) is 8.42 Å². The van der Waals surface area contributed by atoms with Gasteiger partial charge in [0.05, 0.1) is 0 Å². The minimum atomic E-state index is -3.35. The number of sulfonamides is 1. The van der Waals surface area contributed by atoms with Crippen LogP contribution < -0.4 is 4.72 Å². The van der Waals surface area contributed by atoms with Crippen molar-refractivity contribution in [1.29, 1.82) is 0 Å². The number of aromatic nitrogens is 1. The molecule has 0 saturated heterocycles. The van der Waals surface area contributed by atoms with Crippen LogP contribution in [0.25, 0.3) is 0 Å². The molecule has 6 heteroatoms. The predicted octanol–water partition coefficient (Wildman–Crippen LogP) is 1.20. The monoisotopic (exact) mass is 232 g/mol. The number of hydrogen-bond acceptors (Lipinski definition) is 4. The Bertz CT molecular complexity index is 428. The average Bonchev–Trinajstić information content (AvgIpc) is 2.27. The third-order valence-corrected chi connectivity index (χ3v) is 3.08. The molecule has 0 radical (unpaired) electrons. The van der Waals surface area contributed by atoms with Crippen molar-refractivity contribution >= 4 is 10.0 Å². The molecule has 0 amide bonds. The topological polar surface area (TPSA) is 72.2 Å². The van der Waals surface area contributed by atoms with Crippen molar-refractivity contribution in [2.24, 2.45) is 0 Å². The molecule has 0 atom stereocenters. The van der Waals surface area contributed by atoms with Gasteiger partial charge < -0.3 is 4.52 Å². The highest BCUT2D eigenvalue weighted by molar-refractivity contribution is 7.88. The van der Waals surface area contributed by atoms with E-state index < -0.39 is 15.6 Å². The Hall–Kier alpha value is -0.880. The summed E-state index contributed by atoms with van der Waals surface area (Å²) in [5, 5.41) is 3.64. The van der Waals surface area contributed by atoms with E-state index in [2.05, 4.69) is 9.88 Å². The van der Waals surface area contributed by atoms with Crippen LogP contribution >= 0.6 is 0 Å². The molecule has 0 fully saturated rings. The zero-order valence-corrected chi connectivity index (χ0v) is 10.2. The van der Waals surface area contributed by atoms with Crippen molar-refractivity contribution in [3.8, 4) is 0 Å². The SMILES string of the molecule is Cc1cc(CS(=O)(=O)NC(C)(C)C)no1. The highest BCUT2D eigenvalue weighted by Crippen LogP contribution is 2.09. The molecule has 5 nitrogen and oxygen atoms in total. The van der Waals surface area contributed by atoms with Gasteiger partial charge in [-0.05, 0) is 27.7 Å². The smallest absolute Gasteiger partial charge is 0.217 e. The van der Waals surface area contributed by atoms with E-state index in [1.807, 2.05) is 0 Å². The van der Waals surface area contributed by atoms with Gasteiger partial charge >= 0.3 is 0 Å². The van der Waals surface area contributed by atoms with Crippen LogP contribution in [0.4, 0.5) is 0 Å². The Morgan fingerprint density at radius 1 is 1.47 bits per heavy atom. The summed E-state index contributed by atoms with van der Waals surface area (Å²) in [7, 11) is -3.35. The molecule has 0 aliphatic heterocycles. The molecular formula is C9H16N2O3S. The summed E-state index contributed by atoms with van der Waals surface area (Å²) in [6.45, 7) is 7.09. The standard InChI is InChI=1S/C9H16N2O3S/c1-7-5-8(10-14-7)6-15(12,13)11-9(2,3)4/h5,11H,6H2,1-4H3. The minimum Gasteiger partial charge on any atom is -0.361 e. The van der Waals surface area contributed by atoms with Crippen LogP contribution in [0.1, 0.15) is 32.2 Å². The largest absolute Gasteiger partial charge is 0.361 e. The molecule has 1 N–H and O–H groups in total. The second kappa shape index (κ2) is 3.94. The molecule has 1 aromatic heterocycles. The molecule has 0 aliphatic carbocycles. The molecule has 86 valence electrons. The van der Waals surface area contributed by atoms with Crippen LogP contribution in [-0.2, 0) is 15.8 Å². The van der Waals surface area contributed by atoms with Gasteiger partial charge in [-0.25, -0.2) is 13.1 Å². The lowest BCUT2D eigenvalue weighted by Crippen LogP contribution is -2.41. The highest BCUT2D eigenvalue weighted by atomic mass is 32.2. The molecule has 1 heterocycles. The molecule has 0 spiro atoms. The Morgan fingerprint density at radius 2 is 2.07 bits per heavy atom. The number of aryl methyl sites for hydroxylation is 1. The van der Waals surface area contributed by atoms with Crippen molar-refractivity contribution in [2.45, 2.75) is 39.0 Å². The number of nitrogens with one attached hydrogen (secondary N) is 1. The van der Waals surface area contributed by atoms with Crippen molar-refractivity contribution in [1.82, 2.24) is 9.88 Å². The number of rotatable bonds is 3. The van der Waals surface area contributed by atoms with Gasteiger partial charge in [-0.1, -0.05) is 5.16 Å². The van der Waals surface area contributed by atoms with E-state index in [0.29, 0.717) is 11.5 Å². The van der Waals surface area contributed by atoms with Gasteiger partial charge in [0, 0.05) is 11.6 Å². The second-order valence-electron chi connectivity index (χ2n) is 4.54. The van der Waals surface area contributed by atoms with Gasteiger partial charge in [0.15, 0.2) is 0 Å². The Balaban J connectivity index is 2.73. The minimum absolute atomic E-state index is 0.151. The lowest BCUT2D eigenvalue weighted by atomic mass is 10.1. The first-order valence-electron chi connectivity index (χ1n) is 4.62.